The maximum atomic E-state index is 11.9. The third-order valence-electron chi connectivity index (χ3n) is 3.29. The number of carbonyl (C=O) groups is 2. The van der Waals surface area contributed by atoms with Gasteiger partial charge in [0, 0.05) is 12.7 Å². The Kier molecular flexibility index (Phi) is 4.40. The second kappa shape index (κ2) is 6.23. The van der Waals surface area contributed by atoms with Gasteiger partial charge in [0.15, 0.2) is 0 Å². The zero-order valence-corrected chi connectivity index (χ0v) is 11.3. The van der Waals surface area contributed by atoms with Gasteiger partial charge < -0.3 is 9.84 Å². The Morgan fingerprint density at radius 1 is 1.35 bits per heavy atom. The monoisotopic (exact) mass is 275 g/mol. The fourth-order valence-electron chi connectivity index (χ4n) is 2.16. The van der Waals surface area contributed by atoms with Crippen LogP contribution in [-0.2, 0) is 16.1 Å². The Bertz CT molecular complexity index is 524. The zero-order valence-electron chi connectivity index (χ0n) is 11.3. The van der Waals surface area contributed by atoms with Gasteiger partial charge in [0.05, 0.1) is 5.92 Å². The zero-order chi connectivity index (χ0) is 14.5. The van der Waals surface area contributed by atoms with E-state index in [4.69, 9.17) is 9.84 Å². The fraction of sp³-hybridized carbons (Fsp3) is 0.333. The molecule has 1 atom stereocenters. The van der Waals surface area contributed by atoms with Crippen LogP contribution in [0.25, 0.3) is 0 Å². The lowest BCUT2D eigenvalue weighted by atomic mass is 10.0. The first-order valence-corrected chi connectivity index (χ1v) is 6.52. The van der Waals surface area contributed by atoms with E-state index < -0.39 is 18.0 Å². The van der Waals surface area contributed by atoms with E-state index in [0.29, 0.717) is 6.42 Å². The van der Waals surface area contributed by atoms with Gasteiger partial charge in [-0.1, -0.05) is 37.3 Å². The molecule has 1 aromatic carbocycles. The molecule has 5 heteroatoms. The van der Waals surface area contributed by atoms with Gasteiger partial charge in [-0.25, -0.2) is 4.79 Å². The van der Waals surface area contributed by atoms with E-state index >= 15 is 0 Å². The van der Waals surface area contributed by atoms with Crippen LogP contribution in [0, 0.1) is 5.92 Å². The van der Waals surface area contributed by atoms with Gasteiger partial charge in [-0.05, 0) is 17.6 Å². The smallest absolute Gasteiger partial charge is 0.414 e. The van der Waals surface area contributed by atoms with Crippen molar-refractivity contribution in [1.82, 2.24) is 4.90 Å². The van der Waals surface area contributed by atoms with Crippen molar-refractivity contribution < 1.29 is 19.4 Å². The van der Waals surface area contributed by atoms with Crippen LogP contribution in [0.1, 0.15) is 18.9 Å². The maximum absolute atomic E-state index is 11.9. The largest absolute Gasteiger partial charge is 0.481 e. The summed E-state index contributed by atoms with van der Waals surface area (Å²) in [4.78, 5) is 24.3. The van der Waals surface area contributed by atoms with Crippen LogP contribution in [-0.4, -0.2) is 28.6 Å². The minimum Gasteiger partial charge on any atom is -0.481 e. The number of ether oxygens (including phenoxy) is 1. The van der Waals surface area contributed by atoms with Gasteiger partial charge in [-0.3, -0.25) is 9.69 Å². The highest BCUT2D eigenvalue weighted by molar-refractivity contribution is 5.78. The number of nitrogens with zero attached hydrogens (tertiary/aromatic N) is 1. The molecule has 0 radical (unpaired) electrons. The van der Waals surface area contributed by atoms with E-state index in [1.54, 1.807) is 6.20 Å². The maximum Gasteiger partial charge on any atom is 0.414 e. The van der Waals surface area contributed by atoms with Crippen molar-refractivity contribution in [3.05, 3.63) is 47.7 Å². The molecule has 1 amide bonds. The number of benzene rings is 1. The van der Waals surface area contributed by atoms with Crippen LogP contribution in [0.4, 0.5) is 4.79 Å². The first-order chi connectivity index (χ1) is 9.61. The number of aliphatic carboxylic acids is 1. The number of hydrogen-bond acceptors (Lipinski definition) is 3. The third kappa shape index (κ3) is 3.17. The minimum atomic E-state index is -0.906. The van der Waals surface area contributed by atoms with E-state index in [9.17, 15) is 9.59 Å². The lowest BCUT2D eigenvalue weighted by Gasteiger charge is -2.14. The Hall–Kier alpha value is -2.30. The Morgan fingerprint density at radius 3 is 2.60 bits per heavy atom. The number of rotatable bonds is 4. The highest BCUT2D eigenvalue weighted by atomic mass is 16.6. The number of carboxylic acid groups (broad SMARTS) is 1. The highest BCUT2D eigenvalue weighted by Crippen LogP contribution is 2.25. The molecule has 0 fully saturated rings. The SMILES string of the molecule is CCC1=CN(C(=O)OCc2ccccc2)CC1C(=O)O. The second-order valence-corrected chi connectivity index (χ2v) is 4.64. The van der Waals surface area contributed by atoms with Crippen molar-refractivity contribution in [3.8, 4) is 0 Å². The minimum absolute atomic E-state index is 0.145. The Labute approximate surface area is 117 Å². The molecule has 0 bridgehead atoms. The van der Waals surface area contributed by atoms with Gasteiger partial charge in [0.25, 0.3) is 0 Å². The fourth-order valence-corrected chi connectivity index (χ4v) is 2.16. The Balaban J connectivity index is 1.94. The summed E-state index contributed by atoms with van der Waals surface area (Å²) in [7, 11) is 0. The van der Waals surface area contributed by atoms with Crippen LogP contribution >= 0.6 is 0 Å². The van der Waals surface area contributed by atoms with Gasteiger partial charge in [-0.2, -0.15) is 0 Å². The second-order valence-electron chi connectivity index (χ2n) is 4.64. The standard InChI is InChI=1S/C15H17NO4/c1-2-12-8-16(9-13(12)14(17)18)15(19)20-10-11-6-4-3-5-7-11/h3-8,13H,2,9-10H2,1H3,(H,17,18). The summed E-state index contributed by atoms with van der Waals surface area (Å²) in [5, 5.41) is 9.10. The topological polar surface area (TPSA) is 66.8 Å². The molecule has 1 heterocycles. The quantitative estimate of drug-likeness (QED) is 0.917. The molecule has 0 spiro atoms. The summed E-state index contributed by atoms with van der Waals surface area (Å²) in [6, 6.07) is 9.36. The molecule has 0 saturated carbocycles. The summed E-state index contributed by atoms with van der Waals surface area (Å²) >= 11 is 0. The molecule has 0 aliphatic carbocycles. The molecule has 0 saturated heterocycles. The molecule has 0 aromatic heterocycles. The summed E-state index contributed by atoms with van der Waals surface area (Å²) < 4.78 is 5.18. The molecule has 2 rings (SSSR count). The van der Waals surface area contributed by atoms with Gasteiger partial charge in [0.2, 0.25) is 0 Å². The van der Waals surface area contributed by atoms with E-state index in [1.807, 2.05) is 37.3 Å². The average Bonchev–Trinajstić information content (AvgIpc) is 2.90. The molecule has 106 valence electrons. The van der Waals surface area contributed by atoms with Crippen LogP contribution in [0.15, 0.2) is 42.1 Å². The van der Waals surface area contributed by atoms with E-state index in [0.717, 1.165) is 11.1 Å². The third-order valence-corrected chi connectivity index (χ3v) is 3.29. The molecule has 1 aromatic rings. The number of amides is 1. The first kappa shape index (κ1) is 14.1. The normalized spacial score (nSPS) is 17.8. The lowest BCUT2D eigenvalue weighted by Crippen LogP contribution is -2.29. The molecular weight excluding hydrogens is 258 g/mol. The van der Waals surface area contributed by atoms with E-state index in [1.165, 1.54) is 4.90 Å². The first-order valence-electron chi connectivity index (χ1n) is 6.52. The van der Waals surface area contributed by atoms with Crippen molar-refractivity contribution in [2.45, 2.75) is 20.0 Å². The molecular formula is C15H17NO4. The van der Waals surface area contributed by atoms with Crippen molar-refractivity contribution in [2.75, 3.05) is 6.54 Å². The summed E-state index contributed by atoms with van der Waals surface area (Å²) in [5.74, 6) is -1.53. The van der Waals surface area contributed by atoms with Gasteiger partial charge >= 0.3 is 12.1 Å². The molecule has 1 aliphatic heterocycles. The molecule has 1 N–H and O–H groups in total. The number of hydrogen-bond donors (Lipinski definition) is 1. The Morgan fingerprint density at radius 2 is 2.05 bits per heavy atom. The van der Waals surface area contributed by atoms with Crippen molar-refractivity contribution in [2.24, 2.45) is 5.92 Å². The number of carbonyl (C=O) groups excluding carboxylic acids is 1. The van der Waals surface area contributed by atoms with Crippen molar-refractivity contribution >= 4 is 12.1 Å². The van der Waals surface area contributed by atoms with Crippen molar-refractivity contribution in [3.63, 3.8) is 0 Å². The molecule has 1 aliphatic rings. The number of carboxylic acids is 1. The average molecular weight is 275 g/mol. The molecule has 5 nitrogen and oxygen atoms in total. The van der Waals surface area contributed by atoms with Crippen molar-refractivity contribution in [1.29, 1.82) is 0 Å². The predicted octanol–water partition coefficient (Wildman–Crippen LogP) is 2.63. The van der Waals surface area contributed by atoms with E-state index in [-0.39, 0.29) is 13.2 Å². The van der Waals surface area contributed by atoms with Gasteiger partial charge in [0.1, 0.15) is 6.61 Å². The van der Waals surface area contributed by atoms with Crippen LogP contribution in [0.5, 0.6) is 0 Å². The van der Waals surface area contributed by atoms with Gasteiger partial charge in [-0.15, -0.1) is 0 Å². The molecule has 20 heavy (non-hydrogen) atoms. The summed E-state index contributed by atoms with van der Waals surface area (Å²) in [6.07, 6.45) is 1.69. The summed E-state index contributed by atoms with van der Waals surface area (Å²) in [5.41, 5.74) is 1.64. The van der Waals surface area contributed by atoms with Crippen LogP contribution in [0.3, 0.4) is 0 Å². The highest BCUT2D eigenvalue weighted by Gasteiger charge is 2.32. The van der Waals surface area contributed by atoms with Crippen LogP contribution < -0.4 is 0 Å². The lowest BCUT2D eigenvalue weighted by molar-refractivity contribution is -0.140. The van der Waals surface area contributed by atoms with Crippen LogP contribution in [0.2, 0.25) is 0 Å². The molecule has 1 unspecified atom stereocenters. The van der Waals surface area contributed by atoms with E-state index in [2.05, 4.69) is 0 Å². The summed E-state index contributed by atoms with van der Waals surface area (Å²) in [6.45, 7) is 2.20. The predicted molar refractivity (Wildman–Crippen MR) is 72.8 cm³/mol.